The molecule has 7 heteroatoms. The lowest BCUT2D eigenvalue weighted by atomic mass is 11.0. The zero-order valence-electron chi connectivity index (χ0n) is 7.60. The van der Waals surface area contributed by atoms with Gasteiger partial charge in [-0.1, -0.05) is 5.16 Å². The number of amides is 2. The zero-order chi connectivity index (χ0) is 10.3. The van der Waals surface area contributed by atoms with Crippen molar-refractivity contribution in [3.8, 4) is 0 Å². The predicted octanol–water partition coefficient (Wildman–Crippen LogP) is 0.701. The minimum Gasteiger partial charge on any atom is -0.339 e. The Morgan fingerprint density at radius 1 is 1.54 bits per heavy atom. The summed E-state index contributed by atoms with van der Waals surface area (Å²) in [6, 6.07) is 0. The highest BCUT2D eigenvalue weighted by Gasteiger charge is 2.01. The van der Waals surface area contributed by atoms with Gasteiger partial charge in [0.1, 0.15) is 5.55 Å². The molecule has 0 aliphatic heterocycles. The average molecular weight is 205 g/mol. The van der Waals surface area contributed by atoms with Gasteiger partial charge in [0.2, 0.25) is 0 Å². The van der Waals surface area contributed by atoms with Gasteiger partial charge in [-0.05, 0) is 11.8 Å². The van der Waals surface area contributed by atoms with E-state index >= 15 is 0 Å². The Labute approximate surface area is 80.3 Å². The van der Waals surface area contributed by atoms with Gasteiger partial charge in [0.25, 0.3) is 5.24 Å². The fourth-order valence-corrected chi connectivity index (χ4v) is 0.674. The van der Waals surface area contributed by atoms with E-state index in [9.17, 15) is 9.59 Å². The minimum atomic E-state index is -0.672. The normalized spacial score (nSPS) is 9.77. The Morgan fingerprint density at radius 2 is 2.15 bits per heavy atom. The summed E-state index contributed by atoms with van der Waals surface area (Å²) in [6.07, 6.45) is -0.672. The van der Waals surface area contributed by atoms with Crippen LogP contribution in [0.1, 0.15) is 0 Å². The molecule has 0 saturated carbocycles. The molecule has 0 aromatic rings. The van der Waals surface area contributed by atoms with Crippen molar-refractivity contribution < 1.29 is 14.4 Å². The van der Waals surface area contributed by atoms with Gasteiger partial charge >= 0.3 is 6.09 Å². The van der Waals surface area contributed by atoms with Crippen LogP contribution in [0.15, 0.2) is 5.16 Å². The number of carbonyl (C=O) groups excluding carboxylic acids is 2. The monoisotopic (exact) mass is 205 g/mol. The second-order valence-corrected chi connectivity index (χ2v) is 2.91. The highest BCUT2D eigenvalue weighted by atomic mass is 32.2. The lowest BCUT2D eigenvalue weighted by Crippen LogP contribution is -2.17. The quantitative estimate of drug-likeness (QED) is 0.312. The first-order chi connectivity index (χ1) is 6.07. The molecule has 0 unspecified atom stereocenters. The smallest absolute Gasteiger partial charge is 0.339 e. The van der Waals surface area contributed by atoms with Crippen LogP contribution in [0.2, 0.25) is 0 Å². The van der Waals surface area contributed by atoms with Gasteiger partial charge in [0.05, 0.1) is 0 Å². The van der Waals surface area contributed by atoms with Crippen LogP contribution in [-0.4, -0.2) is 42.9 Å². The van der Waals surface area contributed by atoms with E-state index in [-0.39, 0.29) is 5.24 Å². The maximum Gasteiger partial charge on any atom is 0.433 e. The third-order valence-electron chi connectivity index (χ3n) is 0.901. The van der Waals surface area contributed by atoms with Crippen LogP contribution in [0.3, 0.4) is 0 Å². The molecule has 0 aliphatic carbocycles. The third-order valence-corrected chi connectivity index (χ3v) is 1.66. The van der Waals surface area contributed by atoms with Crippen molar-refractivity contribution in [2.75, 3.05) is 21.1 Å². The maximum absolute atomic E-state index is 10.9. The maximum atomic E-state index is 10.9. The first-order valence-corrected chi connectivity index (χ1v) is 4.24. The molecule has 0 spiro atoms. The van der Waals surface area contributed by atoms with Gasteiger partial charge in [-0.2, -0.15) is 0 Å². The predicted molar refractivity (Wildman–Crippen MR) is 50.7 cm³/mol. The van der Waals surface area contributed by atoms with Crippen LogP contribution in [0.5, 0.6) is 0 Å². The fraction of sp³-hybridized carbons (Fsp3) is 0.500. The van der Waals surface area contributed by atoms with Gasteiger partial charge in [-0.15, -0.1) is 0 Å². The number of nitrogens with one attached hydrogen (secondary N) is 1. The van der Waals surface area contributed by atoms with Crippen molar-refractivity contribution in [1.29, 1.82) is 0 Å². The van der Waals surface area contributed by atoms with E-state index in [1.807, 2.05) is 0 Å². The number of rotatable bonds is 2. The molecular weight excluding hydrogens is 194 g/mol. The summed E-state index contributed by atoms with van der Waals surface area (Å²) >= 11 is 0.827. The summed E-state index contributed by atoms with van der Waals surface area (Å²) in [4.78, 5) is 27.0. The average Bonchev–Trinajstić information content (AvgIpc) is 2.11. The van der Waals surface area contributed by atoms with Crippen molar-refractivity contribution in [3.05, 3.63) is 0 Å². The van der Waals surface area contributed by atoms with Crippen LogP contribution in [-0.2, 0) is 4.84 Å². The van der Waals surface area contributed by atoms with Gasteiger partial charge < -0.3 is 10.2 Å². The summed E-state index contributed by atoms with van der Waals surface area (Å²) < 4.78 is 0. The van der Waals surface area contributed by atoms with E-state index in [4.69, 9.17) is 0 Å². The summed E-state index contributed by atoms with van der Waals surface area (Å²) in [5.74, 6) is 0. The zero-order valence-corrected chi connectivity index (χ0v) is 8.42. The van der Waals surface area contributed by atoms with Gasteiger partial charge in [0.15, 0.2) is 0 Å². The number of carbonyl (C=O) groups is 2. The molecule has 0 aromatic heterocycles. The molecule has 0 radical (unpaired) electrons. The Morgan fingerprint density at radius 3 is 2.62 bits per heavy atom. The molecule has 2 amide bonds. The number of thioether (sulfide) groups is 1. The Balaban J connectivity index is 3.64. The highest BCUT2D eigenvalue weighted by molar-refractivity contribution is 8.24. The van der Waals surface area contributed by atoms with Crippen molar-refractivity contribution in [3.63, 3.8) is 0 Å². The topological polar surface area (TPSA) is 71.0 Å². The van der Waals surface area contributed by atoms with E-state index in [1.165, 1.54) is 11.9 Å². The summed E-state index contributed by atoms with van der Waals surface area (Å²) in [7, 11) is 4.64. The Kier molecular flexibility index (Phi) is 5.69. The van der Waals surface area contributed by atoms with E-state index in [1.54, 1.807) is 14.1 Å². The van der Waals surface area contributed by atoms with E-state index in [2.05, 4.69) is 15.3 Å². The molecule has 0 aliphatic rings. The number of nitrogens with zero attached hydrogens (tertiary/aromatic N) is 2. The Hall–Kier alpha value is -1.24. The summed E-state index contributed by atoms with van der Waals surface area (Å²) in [5.41, 5.74) is 1.15. The minimum absolute atomic E-state index is 0.191. The lowest BCUT2D eigenvalue weighted by molar-refractivity contribution is 0.154. The molecular formula is C6H11N3O3S. The summed E-state index contributed by atoms with van der Waals surface area (Å²) in [5, 5.41) is 5.25. The molecule has 0 atom stereocenters. The standard InChI is InChI=1S/C6H11N3O3S/c1-7-5(10)12-8-4-13-6(11)9(2)3/h4H,1-3H3,(H,7,10). The van der Waals surface area contributed by atoms with Gasteiger partial charge in [-0.25, -0.2) is 4.79 Å². The molecule has 6 nitrogen and oxygen atoms in total. The highest BCUT2D eigenvalue weighted by Crippen LogP contribution is 2.01. The first-order valence-electron chi connectivity index (χ1n) is 3.36. The van der Waals surface area contributed by atoms with Crippen molar-refractivity contribution in [2.45, 2.75) is 0 Å². The lowest BCUT2D eigenvalue weighted by Gasteiger charge is -2.05. The van der Waals surface area contributed by atoms with Gasteiger partial charge in [0, 0.05) is 21.1 Å². The molecule has 0 bridgehead atoms. The second-order valence-electron chi connectivity index (χ2n) is 2.12. The second kappa shape index (κ2) is 6.30. The van der Waals surface area contributed by atoms with Crippen LogP contribution in [0.4, 0.5) is 9.59 Å². The number of oxime groups is 1. The SMILES string of the molecule is CNC(=O)ON=CSC(=O)N(C)C. The molecule has 0 heterocycles. The first kappa shape index (κ1) is 11.8. The largest absolute Gasteiger partial charge is 0.433 e. The van der Waals surface area contributed by atoms with Crippen LogP contribution >= 0.6 is 11.8 Å². The van der Waals surface area contributed by atoms with E-state index in [0.29, 0.717) is 0 Å². The molecule has 0 saturated heterocycles. The molecule has 74 valence electrons. The van der Waals surface area contributed by atoms with Crippen LogP contribution in [0, 0.1) is 0 Å². The van der Waals surface area contributed by atoms with E-state index in [0.717, 1.165) is 17.3 Å². The number of hydrogen-bond donors (Lipinski definition) is 1. The molecule has 0 fully saturated rings. The van der Waals surface area contributed by atoms with Crippen molar-refractivity contribution in [1.82, 2.24) is 10.2 Å². The Bertz CT molecular complexity index is 217. The molecule has 1 N–H and O–H groups in total. The summed E-state index contributed by atoms with van der Waals surface area (Å²) in [6.45, 7) is 0. The fourth-order valence-electron chi connectivity index (χ4n) is 0.287. The van der Waals surface area contributed by atoms with Crippen LogP contribution < -0.4 is 5.32 Å². The van der Waals surface area contributed by atoms with Crippen molar-refractivity contribution in [2.24, 2.45) is 5.16 Å². The third kappa shape index (κ3) is 5.97. The number of hydrogen-bond acceptors (Lipinski definition) is 5. The van der Waals surface area contributed by atoms with Crippen LogP contribution in [0.25, 0.3) is 0 Å². The van der Waals surface area contributed by atoms with E-state index < -0.39 is 6.09 Å². The molecule has 0 aromatic carbocycles. The van der Waals surface area contributed by atoms with Crippen molar-refractivity contribution >= 4 is 28.6 Å². The molecule has 0 rings (SSSR count). The van der Waals surface area contributed by atoms with Gasteiger partial charge in [-0.3, -0.25) is 9.63 Å². The molecule has 13 heavy (non-hydrogen) atoms.